The van der Waals surface area contributed by atoms with Crippen LogP contribution in [0.2, 0.25) is 0 Å². The summed E-state index contributed by atoms with van der Waals surface area (Å²) < 4.78 is 0. The van der Waals surface area contributed by atoms with Crippen molar-refractivity contribution >= 4 is 11.8 Å². The number of hydrogen-bond donors (Lipinski definition) is 0. The first-order valence-electron chi connectivity index (χ1n) is 3.38. The Hall–Kier alpha value is -0.110. The van der Waals surface area contributed by atoms with Gasteiger partial charge >= 0.3 is 0 Å². The molecule has 0 N–H and O–H groups in total. The molecule has 0 aromatic rings. The predicted molar refractivity (Wildman–Crippen MR) is 43.7 cm³/mol. The molecule has 9 heavy (non-hydrogen) atoms. The van der Waals surface area contributed by atoms with Crippen molar-refractivity contribution in [1.82, 2.24) is 4.90 Å². The van der Waals surface area contributed by atoms with Gasteiger partial charge in [-0.05, 0) is 13.1 Å². The average Bonchev–Trinajstić information content (AvgIpc) is 1.91. The van der Waals surface area contributed by atoms with Crippen molar-refractivity contribution in [3.63, 3.8) is 0 Å². The molecular formula is C7H13NS. The van der Waals surface area contributed by atoms with Gasteiger partial charge in [-0.25, -0.2) is 0 Å². The van der Waals surface area contributed by atoms with Gasteiger partial charge in [-0.2, -0.15) is 11.8 Å². The summed E-state index contributed by atoms with van der Waals surface area (Å²) in [6.07, 6.45) is 4.29. The van der Waals surface area contributed by atoms with Gasteiger partial charge in [-0.15, -0.1) is 0 Å². The Bertz CT molecular complexity index is 95.1. The Kier molecular flexibility index (Phi) is 2.98. The maximum Gasteiger partial charge on any atom is 0.0263 e. The standard InChI is InChI=1S/C7H13NS/c1-2-3-8-4-6-9-7-5-8/h2-3H,4-7H2,1H3. The Morgan fingerprint density at radius 2 is 2.00 bits per heavy atom. The lowest BCUT2D eigenvalue weighted by Gasteiger charge is -2.24. The third kappa shape index (κ3) is 2.31. The van der Waals surface area contributed by atoms with Crippen molar-refractivity contribution in [3.05, 3.63) is 12.3 Å². The quantitative estimate of drug-likeness (QED) is 0.548. The van der Waals surface area contributed by atoms with Gasteiger partial charge in [0.05, 0.1) is 0 Å². The van der Waals surface area contributed by atoms with Gasteiger partial charge in [-0.1, -0.05) is 6.08 Å². The third-order valence-corrected chi connectivity index (χ3v) is 2.35. The van der Waals surface area contributed by atoms with Crippen molar-refractivity contribution < 1.29 is 0 Å². The van der Waals surface area contributed by atoms with Crippen LogP contribution in [-0.4, -0.2) is 29.5 Å². The molecule has 0 aromatic heterocycles. The third-order valence-electron chi connectivity index (χ3n) is 1.41. The summed E-state index contributed by atoms with van der Waals surface area (Å²) in [4.78, 5) is 2.37. The first-order chi connectivity index (χ1) is 4.43. The second-order valence-electron chi connectivity index (χ2n) is 2.13. The summed E-state index contributed by atoms with van der Waals surface area (Å²) >= 11 is 2.05. The van der Waals surface area contributed by atoms with Gasteiger partial charge in [0.25, 0.3) is 0 Å². The van der Waals surface area contributed by atoms with Gasteiger partial charge in [-0.3, -0.25) is 0 Å². The first kappa shape index (κ1) is 7.00. The fourth-order valence-corrected chi connectivity index (χ4v) is 1.87. The molecule has 1 aliphatic rings. The van der Waals surface area contributed by atoms with Crippen LogP contribution in [-0.2, 0) is 0 Å². The van der Waals surface area contributed by atoms with E-state index in [1.165, 1.54) is 24.6 Å². The molecule has 0 aromatic carbocycles. The van der Waals surface area contributed by atoms with Crippen molar-refractivity contribution in [2.24, 2.45) is 0 Å². The number of thioether (sulfide) groups is 1. The van der Waals surface area contributed by atoms with Crippen LogP contribution in [0.4, 0.5) is 0 Å². The van der Waals surface area contributed by atoms with Crippen LogP contribution in [0.25, 0.3) is 0 Å². The van der Waals surface area contributed by atoms with Crippen molar-refractivity contribution in [2.75, 3.05) is 24.6 Å². The minimum Gasteiger partial charge on any atom is -0.376 e. The minimum absolute atomic E-state index is 1.23. The topological polar surface area (TPSA) is 3.24 Å². The maximum absolute atomic E-state index is 2.37. The van der Waals surface area contributed by atoms with E-state index in [9.17, 15) is 0 Å². The van der Waals surface area contributed by atoms with Gasteiger partial charge in [0, 0.05) is 24.6 Å². The summed E-state index contributed by atoms with van der Waals surface area (Å²) in [5.41, 5.74) is 0. The molecular weight excluding hydrogens is 130 g/mol. The fraction of sp³-hybridized carbons (Fsp3) is 0.714. The Labute approximate surface area is 61.1 Å². The molecule has 0 aliphatic carbocycles. The summed E-state index contributed by atoms with van der Waals surface area (Å²) in [5.74, 6) is 2.59. The van der Waals surface area contributed by atoms with Crippen LogP contribution in [0.5, 0.6) is 0 Å². The highest BCUT2D eigenvalue weighted by Gasteiger charge is 2.03. The summed E-state index contributed by atoms with van der Waals surface area (Å²) in [7, 11) is 0. The first-order valence-corrected chi connectivity index (χ1v) is 4.53. The monoisotopic (exact) mass is 143 g/mol. The van der Waals surface area contributed by atoms with Crippen LogP contribution in [0.3, 0.4) is 0 Å². The lowest BCUT2D eigenvalue weighted by atomic mass is 10.5. The zero-order valence-electron chi connectivity index (χ0n) is 5.84. The van der Waals surface area contributed by atoms with E-state index >= 15 is 0 Å². The molecule has 0 unspecified atom stereocenters. The largest absolute Gasteiger partial charge is 0.376 e. The number of allylic oxidation sites excluding steroid dienone is 1. The van der Waals surface area contributed by atoms with Gasteiger partial charge in [0.15, 0.2) is 0 Å². The van der Waals surface area contributed by atoms with E-state index in [0.717, 1.165) is 0 Å². The molecule has 1 fully saturated rings. The summed E-state index contributed by atoms with van der Waals surface area (Å²) in [5, 5.41) is 0. The van der Waals surface area contributed by atoms with Crippen LogP contribution in [0.1, 0.15) is 6.92 Å². The lowest BCUT2D eigenvalue weighted by molar-refractivity contribution is 0.416. The van der Waals surface area contributed by atoms with E-state index in [-0.39, 0.29) is 0 Å². The second-order valence-corrected chi connectivity index (χ2v) is 3.36. The normalized spacial score (nSPS) is 21.2. The van der Waals surface area contributed by atoms with E-state index < -0.39 is 0 Å². The maximum atomic E-state index is 2.37. The van der Waals surface area contributed by atoms with Gasteiger partial charge in [0.2, 0.25) is 0 Å². The SMILES string of the molecule is CC=CN1CCSCC1. The second kappa shape index (κ2) is 3.83. The zero-order chi connectivity index (χ0) is 6.53. The van der Waals surface area contributed by atoms with Crippen LogP contribution in [0, 0.1) is 0 Å². The molecule has 52 valence electrons. The van der Waals surface area contributed by atoms with Gasteiger partial charge < -0.3 is 4.90 Å². The highest BCUT2D eigenvalue weighted by molar-refractivity contribution is 7.99. The number of hydrogen-bond acceptors (Lipinski definition) is 2. The molecule has 1 rings (SSSR count). The van der Waals surface area contributed by atoms with E-state index in [4.69, 9.17) is 0 Å². The smallest absolute Gasteiger partial charge is 0.0263 e. The van der Waals surface area contributed by atoms with Crippen LogP contribution in [0.15, 0.2) is 12.3 Å². The van der Waals surface area contributed by atoms with E-state index in [1.54, 1.807) is 0 Å². The van der Waals surface area contributed by atoms with Crippen molar-refractivity contribution in [2.45, 2.75) is 6.92 Å². The predicted octanol–water partition coefficient (Wildman–Crippen LogP) is 1.57. The molecule has 1 saturated heterocycles. The van der Waals surface area contributed by atoms with E-state index in [0.29, 0.717) is 0 Å². The van der Waals surface area contributed by atoms with Gasteiger partial charge in [0.1, 0.15) is 0 Å². The molecule has 0 saturated carbocycles. The summed E-state index contributed by atoms with van der Waals surface area (Å²) in [6.45, 7) is 4.53. The molecule has 2 heteroatoms. The fourth-order valence-electron chi connectivity index (χ4n) is 0.937. The number of nitrogens with zero attached hydrogens (tertiary/aromatic N) is 1. The van der Waals surface area contributed by atoms with Crippen molar-refractivity contribution in [1.29, 1.82) is 0 Å². The Balaban J connectivity index is 2.23. The highest BCUT2D eigenvalue weighted by Crippen LogP contribution is 2.08. The Morgan fingerprint density at radius 1 is 1.33 bits per heavy atom. The molecule has 0 bridgehead atoms. The highest BCUT2D eigenvalue weighted by atomic mass is 32.2. The Morgan fingerprint density at radius 3 is 2.56 bits per heavy atom. The lowest BCUT2D eigenvalue weighted by Crippen LogP contribution is -2.27. The van der Waals surface area contributed by atoms with Crippen molar-refractivity contribution in [3.8, 4) is 0 Å². The number of rotatable bonds is 1. The average molecular weight is 143 g/mol. The molecule has 1 heterocycles. The summed E-state index contributed by atoms with van der Waals surface area (Å²) in [6, 6.07) is 0. The van der Waals surface area contributed by atoms with Crippen LogP contribution < -0.4 is 0 Å². The molecule has 1 nitrogen and oxygen atoms in total. The molecule has 1 aliphatic heterocycles. The minimum atomic E-state index is 1.23. The molecule has 0 spiro atoms. The molecule has 0 radical (unpaired) electrons. The van der Waals surface area contributed by atoms with E-state index in [2.05, 4.69) is 24.1 Å². The molecule has 0 atom stereocenters. The van der Waals surface area contributed by atoms with Crippen LogP contribution >= 0.6 is 11.8 Å². The zero-order valence-corrected chi connectivity index (χ0v) is 6.66. The van der Waals surface area contributed by atoms with E-state index in [1.807, 2.05) is 11.8 Å². The molecule has 0 amide bonds.